The second kappa shape index (κ2) is 4.22. The number of piperidine rings is 1. The molecule has 2 heteroatoms. The van der Waals surface area contributed by atoms with Crippen LogP contribution in [0.15, 0.2) is 35.9 Å². The molecule has 1 aromatic rings. The lowest BCUT2D eigenvalue weighted by molar-refractivity contribution is -0.117. The standard InChI is InChI=1S/C14H17NO/c1-14(2)9-13(16)12(10-15-14)8-11-6-4-3-5-7-11/h3-8,15H,9-10H2,1-2H3/b12-8+. The van der Waals surface area contributed by atoms with E-state index >= 15 is 0 Å². The molecule has 0 unspecified atom stereocenters. The topological polar surface area (TPSA) is 29.1 Å². The van der Waals surface area contributed by atoms with Crippen molar-refractivity contribution in [1.29, 1.82) is 0 Å². The van der Waals surface area contributed by atoms with Crippen LogP contribution >= 0.6 is 0 Å². The summed E-state index contributed by atoms with van der Waals surface area (Å²) in [6, 6.07) is 9.97. The molecule has 1 aliphatic heterocycles. The summed E-state index contributed by atoms with van der Waals surface area (Å²) >= 11 is 0. The summed E-state index contributed by atoms with van der Waals surface area (Å²) in [7, 11) is 0. The predicted molar refractivity (Wildman–Crippen MR) is 66.1 cm³/mol. The van der Waals surface area contributed by atoms with E-state index in [9.17, 15) is 4.79 Å². The number of Topliss-reactive ketones (excluding diaryl/α,β-unsaturated/α-hetero) is 1. The van der Waals surface area contributed by atoms with E-state index in [4.69, 9.17) is 0 Å². The van der Waals surface area contributed by atoms with Crippen molar-refractivity contribution in [2.24, 2.45) is 0 Å². The van der Waals surface area contributed by atoms with E-state index in [1.165, 1.54) is 0 Å². The maximum atomic E-state index is 11.9. The van der Waals surface area contributed by atoms with Crippen LogP contribution in [0.3, 0.4) is 0 Å². The fraction of sp³-hybridized carbons (Fsp3) is 0.357. The molecule has 2 rings (SSSR count). The summed E-state index contributed by atoms with van der Waals surface area (Å²) in [5.41, 5.74) is 1.91. The third kappa shape index (κ3) is 2.58. The highest BCUT2D eigenvalue weighted by Gasteiger charge is 2.28. The second-order valence-electron chi connectivity index (χ2n) is 4.92. The van der Waals surface area contributed by atoms with Crippen LogP contribution in [0.4, 0.5) is 0 Å². The van der Waals surface area contributed by atoms with Gasteiger partial charge in [0.25, 0.3) is 0 Å². The Morgan fingerprint density at radius 3 is 2.56 bits per heavy atom. The maximum absolute atomic E-state index is 11.9. The number of benzene rings is 1. The van der Waals surface area contributed by atoms with Crippen LogP contribution in [0, 0.1) is 0 Å². The summed E-state index contributed by atoms with van der Waals surface area (Å²) in [4.78, 5) is 11.9. The van der Waals surface area contributed by atoms with Gasteiger partial charge in [-0.25, -0.2) is 0 Å². The molecule has 1 fully saturated rings. The van der Waals surface area contributed by atoms with E-state index in [0.717, 1.165) is 11.1 Å². The lowest BCUT2D eigenvalue weighted by atomic mass is 9.88. The fourth-order valence-electron chi connectivity index (χ4n) is 1.89. The Balaban J connectivity index is 2.18. The first-order chi connectivity index (χ1) is 7.57. The van der Waals surface area contributed by atoms with Gasteiger partial charge in [-0.05, 0) is 25.5 Å². The van der Waals surface area contributed by atoms with Crippen molar-refractivity contribution in [3.8, 4) is 0 Å². The van der Waals surface area contributed by atoms with E-state index in [0.29, 0.717) is 13.0 Å². The molecular weight excluding hydrogens is 198 g/mol. The molecule has 0 spiro atoms. The van der Waals surface area contributed by atoms with E-state index in [-0.39, 0.29) is 11.3 Å². The average Bonchev–Trinajstić information content (AvgIpc) is 2.23. The quantitative estimate of drug-likeness (QED) is 0.729. The number of carbonyl (C=O) groups excluding carboxylic acids is 1. The van der Waals surface area contributed by atoms with Crippen LogP contribution in [-0.2, 0) is 4.79 Å². The number of ketones is 1. The molecule has 0 bridgehead atoms. The molecule has 0 atom stereocenters. The normalized spacial score (nSPS) is 22.4. The zero-order valence-corrected chi connectivity index (χ0v) is 9.79. The van der Waals surface area contributed by atoms with Gasteiger partial charge in [-0.1, -0.05) is 30.3 Å². The van der Waals surface area contributed by atoms with Crippen molar-refractivity contribution >= 4 is 11.9 Å². The molecule has 0 saturated carbocycles. The lowest BCUT2D eigenvalue weighted by Crippen LogP contribution is -2.47. The molecule has 1 heterocycles. The van der Waals surface area contributed by atoms with Gasteiger partial charge in [-0.2, -0.15) is 0 Å². The summed E-state index contributed by atoms with van der Waals surface area (Å²) in [5, 5.41) is 3.37. The smallest absolute Gasteiger partial charge is 0.161 e. The van der Waals surface area contributed by atoms with Crippen molar-refractivity contribution < 1.29 is 4.79 Å². The Hall–Kier alpha value is -1.41. The first-order valence-corrected chi connectivity index (χ1v) is 5.61. The number of hydrogen-bond donors (Lipinski definition) is 1. The third-order valence-electron chi connectivity index (χ3n) is 2.86. The SMILES string of the molecule is CC1(C)CC(=O)/C(=C/c2ccccc2)CN1. The molecule has 1 aliphatic rings. The van der Waals surface area contributed by atoms with Crippen LogP contribution in [0.2, 0.25) is 0 Å². The van der Waals surface area contributed by atoms with Crippen molar-refractivity contribution in [1.82, 2.24) is 5.32 Å². The second-order valence-corrected chi connectivity index (χ2v) is 4.92. The van der Waals surface area contributed by atoms with E-state index in [2.05, 4.69) is 19.2 Å². The van der Waals surface area contributed by atoms with Gasteiger partial charge in [-0.3, -0.25) is 4.79 Å². The first kappa shape index (κ1) is 11.1. The third-order valence-corrected chi connectivity index (χ3v) is 2.86. The molecule has 0 aliphatic carbocycles. The molecule has 1 N–H and O–H groups in total. The van der Waals surface area contributed by atoms with E-state index < -0.39 is 0 Å². The van der Waals surface area contributed by atoms with Gasteiger partial charge in [0.05, 0.1) is 0 Å². The predicted octanol–water partition coefficient (Wildman–Crippen LogP) is 2.41. The highest BCUT2D eigenvalue weighted by molar-refractivity contribution is 6.01. The fourth-order valence-corrected chi connectivity index (χ4v) is 1.89. The Morgan fingerprint density at radius 1 is 1.25 bits per heavy atom. The average molecular weight is 215 g/mol. The molecule has 16 heavy (non-hydrogen) atoms. The van der Waals surface area contributed by atoms with Gasteiger partial charge >= 0.3 is 0 Å². The van der Waals surface area contributed by atoms with Crippen molar-refractivity contribution in [2.45, 2.75) is 25.8 Å². The van der Waals surface area contributed by atoms with Gasteiger partial charge in [0.1, 0.15) is 0 Å². The molecule has 1 aromatic carbocycles. The number of hydrogen-bond acceptors (Lipinski definition) is 2. The van der Waals surface area contributed by atoms with E-state index in [1.54, 1.807) is 0 Å². The molecule has 0 aromatic heterocycles. The highest BCUT2D eigenvalue weighted by Crippen LogP contribution is 2.20. The number of carbonyl (C=O) groups is 1. The molecule has 0 radical (unpaired) electrons. The van der Waals surface area contributed by atoms with Crippen LogP contribution in [0.25, 0.3) is 6.08 Å². The highest BCUT2D eigenvalue weighted by atomic mass is 16.1. The number of nitrogens with one attached hydrogen (secondary N) is 1. The molecule has 1 saturated heterocycles. The summed E-state index contributed by atoms with van der Waals surface area (Å²) in [6.45, 7) is 4.79. The maximum Gasteiger partial charge on any atom is 0.161 e. The van der Waals surface area contributed by atoms with Gasteiger partial charge in [0, 0.05) is 24.1 Å². The summed E-state index contributed by atoms with van der Waals surface area (Å²) < 4.78 is 0. The molecule has 2 nitrogen and oxygen atoms in total. The van der Waals surface area contributed by atoms with Crippen LogP contribution in [0.1, 0.15) is 25.8 Å². The Bertz CT molecular complexity index is 418. The van der Waals surface area contributed by atoms with Crippen molar-refractivity contribution in [2.75, 3.05) is 6.54 Å². The molecule has 0 amide bonds. The van der Waals surface area contributed by atoms with Crippen LogP contribution in [0.5, 0.6) is 0 Å². The Morgan fingerprint density at radius 2 is 1.94 bits per heavy atom. The Kier molecular flexibility index (Phi) is 2.92. The lowest BCUT2D eigenvalue weighted by Gasteiger charge is -2.31. The number of rotatable bonds is 1. The Labute approximate surface area is 96.4 Å². The van der Waals surface area contributed by atoms with Gasteiger partial charge < -0.3 is 5.32 Å². The van der Waals surface area contributed by atoms with Gasteiger partial charge in [0.15, 0.2) is 5.78 Å². The summed E-state index contributed by atoms with van der Waals surface area (Å²) in [6.07, 6.45) is 2.55. The monoisotopic (exact) mass is 215 g/mol. The van der Waals surface area contributed by atoms with E-state index in [1.807, 2.05) is 36.4 Å². The molecule has 84 valence electrons. The molecular formula is C14H17NO. The largest absolute Gasteiger partial charge is 0.307 e. The minimum atomic E-state index is -0.0644. The van der Waals surface area contributed by atoms with Gasteiger partial charge in [0.2, 0.25) is 0 Å². The van der Waals surface area contributed by atoms with Crippen molar-refractivity contribution in [3.05, 3.63) is 41.5 Å². The minimum Gasteiger partial charge on any atom is -0.307 e. The minimum absolute atomic E-state index is 0.0644. The zero-order chi connectivity index (χ0) is 11.6. The van der Waals surface area contributed by atoms with Crippen molar-refractivity contribution in [3.63, 3.8) is 0 Å². The van der Waals surface area contributed by atoms with Gasteiger partial charge in [-0.15, -0.1) is 0 Å². The van der Waals surface area contributed by atoms with Crippen LogP contribution < -0.4 is 5.32 Å². The first-order valence-electron chi connectivity index (χ1n) is 5.61. The zero-order valence-electron chi connectivity index (χ0n) is 9.79. The summed E-state index contributed by atoms with van der Waals surface area (Å²) in [5.74, 6) is 0.257. The van der Waals surface area contributed by atoms with Crippen LogP contribution in [-0.4, -0.2) is 17.9 Å².